The van der Waals surface area contributed by atoms with Crippen LogP contribution in [0.1, 0.15) is 38.2 Å². The van der Waals surface area contributed by atoms with E-state index in [-0.39, 0.29) is 18.0 Å². The van der Waals surface area contributed by atoms with Gasteiger partial charge in [0.2, 0.25) is 5.76 Å². The Morgan fingerprint density at radius 1 is 1.33 bits per heavy atom. The fourth-order valence-electron chi connectivity index (χ4n) is 1.63. The number of nitrogens with zero attached hydrogens (tertiary/aromatic N) is 1. The second-order valence-corrected chi connectivity index (χ2v) is 4.85. The Labute approximate surface area is 98.6 Å². The van der Waals surface area contributed by atoms with Crippen molar-refractivity contribution in [3.8, 4) is 0 Å². The van der Waals surface area contributed by atoms with E-state index in [4.69, 9.17) is 4.42 Å². The molecule has 0 aliphatic carbocycles. The molecule has 0 atom stereocenters. The highest BCUT2D eigenvalue weighted by Crippen LogP contribution is 2.21. The van der Waals surface area contributed by atoms with Gasteiger partial charge in [-0.15, -0.1) is 0 Å². The van der Waals surface area contributed by atoms with E-state index >= 15 is 0 Å². The number of halogens is 1. The highest BCUT2D eigenvalue weighted by molar-refractivity contribution is 9.10. The number of amides is 1. The van der Waals surface area contributed by atoms with Crippen LogP contribution in [-0.4, -0.2) is 22.9 Å². The van der Waals surface area contributed by atoms with Crippen molar-refractivity contribution in [1.29, 1.82) is 0 Å². The number of hydrogen-bond acceptors (Lipinski definition) is 2. The third-order valence-electron chi connectivity index (χ3n) is 2.16. The van der Waals surface area contributed by atoms with Crippen LogP contribution in [-0.2, 0) is 0 Å². The highest BCUT2D eigenvalue weighted by atomic mass is 79.9. The quantitative estimate of drug-likeness (QED) is 0.847. The van der Waals surface area contributed by atoms with Crippen LogP contribution in [0.3, 0.4) is 0 Å². The van der Waals surface area contributed by atoms with Crippen LogP contribution in [0.4, 0.5) is 0 Å². The topological polar surface area (TPSA) is 33.5 Å². The first-order valence-corrected chi connectivity index (χ1v) is 5.80. The van der Waals surface area contributed by atoms with Gasteiger partial charge in [0.25, 0.3) is 5.91 Å². The molecule has 0 bridgehead atoms. The first-order valence-electron chi connectivity index (χ1n) is 5.00. The smallest absolute Gasteiger partial charge is 0.291 e. The summed E-state index contributed by atoms with van der Waals surface area (Å²) in [7, 11) is 0. The van der Waals surface area contributed by atoms with Crippen LogP contribution in [0, 0.1) is 0 Å². The fraction of sp³-hybridized carbons (Fsp3) is 0.545. The Morgan fingerprint density at radius 2 is 1.87 bits per heavy atom. The van der Waals surface area contributed by atoms with Crippen LogP contribution in [0.2, 0.25) is 0 Å². The lowest BCUT2D eigenvalue weighted by Gasteiger charge is -2.29. The third-order valence-corrected chi connectivity index (χ3v) is 2.78. The predicted octanol–water partition coefficient (Wildman–Crippen LogP) is 3.30. The summed E-state index contributed by atoms with van der Waals surface area (Å²) >= 11 is 3.29. The van der Waals surface area contributed by atoms with Crippen molar-refractivity contribution >= 4 is 21.8 Å². The Hall–Kier alpha value is -0.770. The second kappa shape index (κ2) is 4.84. The Kier molecular flexibility index (Phi) is 3.97. The van der Waals surface area contributed by atoms with Gasteiger partial charge in [-0.2, -0.15) is 0 Å². The van der Waals surface area contributed by atoms with Gasteiger partial charge in [0.15, 0.2) is 0 Å². The van der Waals surface area contributed by atoms with Gasteiger partial charge in [-0.05, 0) is 49.7 Å². The third kappa shape index (κ3) is 2.62. The zero-order valence-corrected chi connectivity index (χ0v) is 11.0. The number of carbonyl (C=O) groups is 1. The van der Waals surface area contributed by atoms with Crippen molar-refractivity contribution in [2.75, 3.05) is 0 Å². The second-order valence-electron chi connectivity index (χ2n) is 4.00. The summed E-state index contributed by atoms with van der Waals surface area (Å²) in [5.41, 5.74) is 0. The molecule has 0 aliphatic rings. The van der Waals surface area contributed by atoms with Crippen LogP contribution in [0.25, 0.3) is 0 Å². The molecule has 0 saturated heterocycles. The molecule has 0 aliphatic heterocycles. The average molecular weight is 274 g/mol. The van der Waals surface area contributed by atoms with Crippen molar-refractivity contribution < 1.29 is 9.21 Å². The van der Waals surface area contributed by atoms with E-state index in [0.717, 1.165) is 0 Å². The lowest BCUT2D eigenvalue weighted by Crippen LogP contribution is -2.42. The van der Waals surface area contributed by atoms with Gasteiger partial charge in [0.05, 0.1) is 10.7 Å². The monoisotopic (exact) mass is 273 g/mol. The number of furan rings is 1. The molecule has 0 N–H and O–H groups in total. The molecule has 1 aromatic heterocycles. The minimum atomic E-state index is -0.0723. The summed E-state index contributed by atoms with van der Waals surface area (Å²) < 4.78 is 5.88. The van der Waals surface area contributed by atoms with Gasteiger partial charge in [-0.3, -0.25) is 4.79 Å². The van der Waals surface area contributed by atoms with E-state index in [2.05, 4.69) is 15.9 Å². The molecule has 15 heavy (non-hydrogen) atoms. The van der Waals surface area contributed by atoms with Gasteiger partial charge >= 0.3 is 0 Å². The van der Waals surface area contributed by atoms with Crippen LogP contribution in [0.5, 0.6) is 0 Å². The van der Waals surface area contributed by atoms with Crippen molar-refractivity contribution in [3.63, 3.8) is 0 Å². The minimum Gasteiger partial charge on any atom is -0.458 e. The number of rotatable bonds is 3. The highest BCUT2D eigenvalue weighted by Gasteiger charge is 2.25. The Morgan fingerprint density at radius 3 is 2.20 bits per heavy atom. The van der Waals surface area contributed by atoms with Gasteiger partial charge in [-0.25, -0.2) is 0 Å². The van der Waals surface area contributed by atoms with E-state index in [1.54, 1.807) is 11.0 Å². The molecule has 1 amide bonds. The standard InChI is InChI=1S/C11H16BrNO2/c1-7(2)13(8(3)4)11(14)10-9(12)5-6-15-10/h5-8H,1-4H3. The van der Waals surface area contributed by atoms with Crippen LogP contribution < -0.4 is 0 Å². The number of hydrogen-bond donors (Lipinski definition) is 0. The Bertz CT molecular complexity index is 336. The molecule has 0 aromatic carbocycles. The van der Waals surface area contributed by atoms with Crippen LogP contribution >= 0.6 is 15.9 Å². The van der Waals surface area contributed by atoms with Crippen molar-refractivity contribution in [1.82, 2.24) is 4.90 Å². The van der Waals surface area contributed by atoms with Crippen LogP contribution in [0.15, 0.2) is 21.2 Å². The minimum absolute atomic E-state index is 0.0723. The first kappa shape index (κ1) is 12.3. The summed E-state index contributed by atoms with van der Waals surface area (Å²) in [6.07, 6.45) is 1.51. The molecule has 3 nitrogen and oxygen atoms in total. The zero-order valence-electron chi connectivity index (χ0n) is 9.45. The van der Waals surface area contributed by atoms with E-state index in [1.165, 1.54) is 6.26 Å². The number of carbonyl (C=O) groups excluding carboxylic acids is 1. The van der Waals surface area contributed by atoms with Crippen molar-refractivity contribution in [2.24, 2.45) is 0 Å². The molecule has 0 fully saturated rings. The van der Waals surface area contributed by atoms with Gasteiger partial charge in [-0.1, -0.05) is 0 Å². The van der Waals surface area contributed by atoms with E-state index in [9.17, 15) is 4.79 Å². The molecule has 1 aromatic rings. The molecular weight excluding hydrogens is 258 g/mol. The molecular formula is C11H16BrNO2. The first-order chi connectivity index (χ1) is 6.95. The lowest BCUT2D eigenvalue weighted by molar-refractivity contribution is 0.0609. The Balaban J connectivity index is 2.96. The SMILES string of the molecule is CC(C)N(C(=O)c1occc1Br)C(C)C. The van der Waals surface area contributed by atoms with E-state index < -0.39 is 0 Å². The van der Waals surface area contributed by atoms with Gasteiger partial charge in [0, 0.05) is 12.1 Å². The summed E-state index contributed by atoms with van der Waals surface area (Å²) in [6, 6.07) is 2.05. The molecule has 1 heterocycles. The maximum Gasteiger partial charge on any atom is 0.291 e. The van der Waals surface area contributed by atoms with Crippen molar-refractivity contribution in [3.05, 3.63) is 22.6 Å². The summed E-state index contributed by atoms with van der Waals surface area (Å²) in [4.78, 5) is 13.9. The summed E-state index contributed by atoms with van der Waals surface area (Å²) in [6.45, 7) is 7.98. The molecule has 0 radical (unpaired) electrons. The van der Waals surface area contributed by atoms with Gasteiger partial charge < -0.3 is 9.32 Å². The predicted molar refractivity (Wildman–Crippen MR) is 62.8 cm³/mol. The van der Waals surface area contributed by atoms with E-state index in [1.807, 2.05) is 27.7 Å². The molecule has 0 spiro atoms. The normalized spacial score (nSPS) is 11.1. The molecule has 4 heteroatoms. The summed E-state index contributed by atoms with van der Waals surface area (Å²) in [5.74, 6) is 0.300. The molecule has 1 rings (SSSR count). The zero-order chi connectivity index (χ0) is 11.6. The molecule has 84 valence electrons. The molecule has 0 saturated carbocycles. The fourth-order valence-corrected chi connectivity index (χ4v) is 2.00. The average Bonchev–Trinajstić information content (AvgIpc) is 2.49. The maximum atomic E-state index is 12.1. The lowest BCUT2D eigenvalue weighted by atomic mass is 10.2. The largest absolute Gasteiger partial charge is 0.458 e. The van der Waals surface area contributed by atoms with Gasteiger partial charge in [0.1, 0.15) is 0 Å². The van der Waals surface area contributed by atoms with E-state index in [0.29, 0.717) is 10.2 Å². The molecule has 0 unspecified atom stereocenters. The van der Waals surface area contributed by atoms with Crippen molar-refractivity contribution in [2.45, 2.75) is 39.8 Å². The summed E-state index contributed by atoms with van der Waals surface area (Å²) in [5, 5.41) is 0. The maximum absolute atomic E-state index is 12.1.